The van der Waals surface area contributed by atoms with Crippen LogP contribution < -0.4 is 5.32 Å². The second kappa shape index (κ2) is 10.9. The third-order valence-corrected chi connectivity index (χ3v) is 7.88. The van der Waals surface area contributed by atoms with Gasteiger partial charge < -0.3 is 9.73 Å². The van der Waals surface area contributed by atoms with E-state index in [0.29, 0.717) is 16.3 Å². The van der Waals surface area contributed by atoms with Crippen molar-refractivity contribution in [3.05, 3.63) is 92.5 Å². The lowest BCUT2D eigenvalue weighted by Gasteiger charge is -2.12. The molecule has 184 valence electrons. The first-order valence-electron chi connectivity index (χ1n) is 12.4. The van der Waals surface area contributed by atoms with Crippen molar-refractivity contribution >= 4 is 45.7 Å². The standard InChI is InChI=1S/C30H29ClN2O2S/c1-19-15-20(2)17-23(16-19)33-29(34)28-25-7-5-3-4-6-8-27(25)36-30(28)32-18-24-13-14-26(35-24)21-9-11-22(31)12-10-21/h9-18H,3-8H2,1-2H3,(H,33,34). The van der Waals surface area contributed by atoms with Crippen molar-refractivity contribution in [2.75, 3.05) is 5.32 Å². The fraction of sp³-hybridized carbons (Fsp3) is 0.267. The summed E-state index contributed by atoms with van der Waals surface area (Å²) in [5.41, 5.74) is 5.88. The number of hydrogen-bond acceptors (Lipinski definition) is 4. The van der Waals surface area contributed by atoms with E-state index < -0.39 is 0 Å². The number of aliphatic imine (C=N–C) groups is 1. The fourth-order valence-corrected chi connectivity index (χ4v) is 6.14. The van der Waals surface area contributed by atoms with Crippen molar-refractivity contribution in [2.24, 2.45) is 4.99 Å². The summed E-state index contributed by atoms with van der Waals surface area (Å²) in [6.07, 6.45) is 8.31. The second-order valence-electron chi connectivity index (χ2n) is 9.40. The van der Waals surface area contributed by atoms with Gasteiger partial charge in [0.1, 0.15) is 16.5 Å². The molecule has 1 amide bonds. The molecule has 6 heteroatoms. The molecule has 0 radical (unpaired) electrons. The minimum Gasteiger partial charge on any atom is -0.455 e. The highest BCUT2D eigenvalue weighted by atomic mass is 35.5. The van der Waals surface area contributed by atoms with Crippen LogP contribution in [0, 0.1) is 13.8 Å². The molecule has 4 aromatic rings. The Morgan fingerprint density at radius 2 is 1.69 bits per heavy atom. The molecule has 0 aliphatic heterocycles. The molecule has 0 bridgehead atoms. The Morgan fingerprint density at radius 1 is 0.972 bits per heavy atom. The van der Waals surface area contributed by atoms with Crippen molar-refractivity contribution in [2.45, 2.75) is 52.4 Å². The highest BCUT2D eigenvalue weighted by Crippen LogP contribution is 2.39. The van der Waals surface area contributed by atoms with Crippen LogP contribution in [0.4, 0.5) is 10.7 Å². The number of carbonyl (C=O) groups excluding carboxylic acids is 1. The zero-order valence-corrected chi connectivity index (χ0v) is 22.1. The minimum atomic E-state index is -0.0912. The lowest BCUT2D eigenvalue weighted by Crippen LogP contribution is -2.14. The van der Waals surface area contributed by atoms with Gasteiger partial charge in [0.15, 0.2) is 0 Å². The molecule has 0 unspecified atom stereocenters. The van der Waals surface area contributed by atoms with E-state index in [2.05, 4.69) is 11.4 Å². The topological polar surface area (TPSA) is 54.6 Å². The number of halogens is 1. The van der Waals surface area contributed by atoms with Crippen LogP contribution >= 0.6 is 22.9 Å². The first-order chi connectivity index (χ1) is 17.5. The molecule has 2 aromatic heterocycles. The molecule has 0 saturated heterocycles. The summed E-state index contributed by atoms with van der Waals surface area (Å²) in [5.74, 6) is 1.30. The number of carbonyl (C=O) groups is 1. The van der Waals surface area contributed by atoms with E-state index >= 15 is 0 Å². The number of nitrogens with zero attached hydrogens (tertiary/aromatic N) is 1. The fourth-order valence-electron chi connectivity index (χ4n) is 4.78. The number of benzene rings is 2. The van der Waals surface area contributed by atoms with Gasteiger partial charge in [-0.3, -0.25) is 4.79 Å². The van der Waals surface area contributed by atoms with E-state index in [-0.39, 0.29) is 5.91 Å². The van der Waals surface area contributed by atoms with Crippen molar-refractivity contribution in [3.8, 4) is 11.3 Å². The Labute approximate surface area is 221 Å². The van der Waals surface area contributed by atoms with Crippen LogP contribution in [0.5, 0.6) is 0 Å². The molecule has 0 spiro atoms. The zero-order valence-electron chi connectivity index (χ0n) is 20.6. The highest BCUT2D eigenvalue weighted by Gasteiger charge is 2.24. The minimum absolute atomic E-state index is 0.0912. The van der Waals surface area contributed by atoms with Gasteiger partial charge in [-0.25, -0.2) is 4.99 Å². The SMILES string of the molecule is Cc1cc(C)cc(NC(=O)c2c(N=Cc3ccc(-c4ccc(Cl)cc4)o3)sc3c2CCCCCC3)c1. The van der Waals surface area contributed by atoms with Crippen LogP contribution in [-0.4, -0.2) is 12.1 Å². The Hall–Kier alpha value is -3.15. The molecule has 0 fully saturated rings. The van der Waals surface area contributed by atoms with E-state index in [1.807, 2.05) is 62.4 Å². The average Bonchev–Trinajstić information content (AvgIpc) is 3.42. The van der Waals surface area contributed by atoms with Gasteiger partial charge in [0.25, 0.3) is 5.91 Å². The van der Waals surface area contributed by atoms with E-state index in [4.69, 9.17) is 21.0 Å². The number of thiophene rings is 1. The number of aryl methyl sites for hydroxylation is 3. The zero-order chi connectivity index (χ0) is 25.1. The summed E-state index contributed by atoms with van der Waals surface area (Å²) < 4.78 is 6.01. The molecule has 0 saturated carbocycles. The Bertz CT molecular complexity index is 1400. The highest BCUT2D eigenvalue weighted by molar-refractivity contribution is 7.16. The maximum Gasteiger partial charge on any atom is 0.259 e. The lowest BCUT2D eigenvalue weighted by atomic mass is 9.96. The van der Waals surface area contributed by atoms with Gasteiger partial charge in [-0.2, -0.15) is 0 Å². The molecule has 0 atom stereocenters. The Kier molecular flexibility index (Phi) is 7.40. The largest absolute Gasteiger partial charge is 0.455 e. The summed E-state index contributed by atoms with van der Waals surface area (Å²) in [6.45, 7) is 4.08. The van der Waals surface area contributed by atoms with Gasteiger partial charge in [-0.1, -0.05) is 30.5 Å². The van der Waals surface area contributed by atoms with Crippen LogP contribution in [-0.2, 0) is 12.8 Å². The first-order valence-corrected chi connectivity index (χ1v) is 13.6. The monoisotopic (exact) mass is 516 g/mol. The van der Waals surface area contributed by atoms with Gasteiger partial charge >= 0.3 is 0 Å². The molecule has 1 aliphatic carbocycles. The summed E-state index contributed by atoms with van der Waals surface area (Å²) in [5, 5.41) is 4.57. The van der Waals surface area contributed by atoms with Crippen LogP contribution in [0.3, 0.4) is 0 Å². The second-order valence-corrected chi connectivity index (χ2v) is 10.9. The third-order valence-electron chi connectivity index (χ3n) is 6.42. The molecule has 1 aliphatic rings. The van der Waals surface area contributed by atoms with Crippen LogP contribution in [0.25, 0.3) is 11.3 Å². The normalized spacial score (nSPS) is 13.9. The van der Waals surface area contributed by atoms with Crippen molar-refractivity contribution < 1.29 is 9.21 Å². The number of furan rings is 1. The first kappa shape index (κ1) is 24.5. The smallest absolute Gasteiger partial charge is 0.259 e. The molecule has 1 N–H and O–H groups in total. The average molecular weight is 517 g/mol. The molecular formula is C30H29ClN2O2S. The molecule has 5 rings (SSSR count). The van der Waals surface area contributed by atoms with Gasteiger partial charge in [-0.15, -0.1) is 11.3 Å². The quantitative estimate of drug-likeness (QED) is 0.269. The summed E-state index contributed by atoms with van der Waals surface area (Å²) in [7, 11) is 0. The van der Waals surface area contributed by atoms with Crippen LogP contribution in [0.1, 0.15) is 63.4 Å². The molecule has 2 aromatic carbocycles. The molecular weight excluding hydrogens is 488 g/mol. The number of rotatable bonds is 5. The van der Waals surface area contributed by atoms with Crippen LogP contribution in [0.15, 0.2) is 64.0 Å². The number of nitrogens with one attached hydrogen (secondary N) is 1. The van der Waals surface area contributed by atoms with Gasteiger partial charge in [0, 0.05) is 21.2 Å². The van der Waals surface area contributed by atoms with E-state index in [1.54, 1.807) is 17.6 Å². The molecule has 4 nitrogen and oxygen atoms in total. The van der Waals surface area contributed by atoms with Crippen molar-refractivity contribution in [1.29, 1.82) is 0 Å². The van der Waals surface area contributed by atoms with E-state index in [9.17, 15) is 4.79 Å². The number of fused-ring (bicyclic) bond motifs is 1. The van der Waals surface area contributed by atoms with E-state index in [0.717, 1.165) is 64.4 Å². The summed E-state index contributed by atoms with van der Waals surface area (Å²) >= 11 is 7.65. The van der Waals surface area contributed by atoms with Crippen LogP contribution in [0.2, 0.25) is 5.02 Å². The maximum atomic E-state index is 13.6. The van der Waals surface area contributed by atoms with Crippen molar-refractivity contribution in [1.82, 2.24) is 0 Å². The number of hydrogen-bond donors (Lipinski definition) is 1. The predicted molar refractivity (Wildman–Crippen MR) is 150 cm³/mol. The molecule has 36 heavy (non-hydrogen) atoms. The molecule has 2 heterocycles. The summed E-state index contributed by atoms with van der Waals surface area (Å²) in [4.78, 5) is 19.7. The third kappa shape index (κ3) is 5.63. The maximum absolute atomic E-state index is 13.6. The number of amides is 1. The van der Waals surface area contributed by atoms with Gasteiger partial charge in [-0.05, 0) is 105 Å². The van der Waals surface area contributed by atoms with Gasteiger partial charge in [0.05, 0.1) is 11.8 Å². The number of anilines is 1. The summed E-state index contributed by atoms with van der Waals surface area (Å²) in [6, 6.07) is 17.5. The Balaban J connectivity index is 1.46. The van der Waals surface area contributed by atoms with E-state index in [1.165, 1.54) is 17.7 Å². The van der Waals surface area contributed by atoms with Crippen molar-refractivity contribution in [3.63, 3.8) is 0 Å². The Morgan fingerprint density at radius 3 is 2.44 bits per heavy atom. The lowest BCUT2D eigenvalue weighted by molar-refractivity contribution is 0.102. The predicted octanol–water partition coefficient (Wildman–Crippen LogP) is 8.94. The van der Waals surface area contributed by atoms with Gasteiger partial charge in [0.2, 0.25) is 0 Å².